The molecule has 0 aliphatic carbocycles. The lowest BCUT2D eigenvalue weighted by atomic mass is 9.79. The van der Waals surface area contributed by atoms with Gasteiger partial charge in [0.15, 0.2) is 5.75 Å². The molecule has 3 aromatic carbocycles. The Morgan fingerprint density at radius 1 is 0.951 bits per heavy atom. The molecule has 6 nitrogen and oxygen atoms in total. The van der Waals surface area contributed by atoms with Gasteiger partial charge in [0.1, 0.15) is 0 Å². The third-order valence-electron chi connectivity index (χ3n) is 6.39. The molecule has 3 aromatic rings. The molecule has 41 heavy (non-hydrogen) atoms. The number of esters is 1. The van der Waals surface area contributed by atoms with Gasteiger partial charge in [-0.1, -0.05) is 55.3 Å². The van der Waals surface area contributed by atoms with Crippen LogP contribution in [-0.4, -0.2) is 38.5 Å². The number of hydrogen-bond acceptors (Lipinski definition) is 5. The molecule has 2 atom stereocenters. The minimum Gasteiger partial charge on any atom is -0.469 e. The Balaban J connectivity index is 1.74. The van der Waals surface area contributed by atoms with Gasteiger partial charge < -0.3 is 19.5 Å². The average molecular weight is 590 g/mol. The van der Waals surface area contributed by atoms with Crippen molar-refractivity contribution in [2.24, 2.45) is 0 Å². The third-order valence-corrected chi connectivity index (χ3v) is 6.64. The van der Waals surface area contributed by atoms with Crippen LogP contribution in [-0.2, 0) is 20.9 Å². The molecular formula is C31H31ClF3NO5. The van der Waals surface area contributed by atoms with Gasteiger partial charge >= 0.3 is 12.3 Å². The van der Waals surface area contributed by atoms with E-state index in [1.165, 1.54) is 19.2 Å². The van der Waals surface area contributed by atoms with Gasteiger partial charge in [0.05, 0.1) is 26.7 Å². The SMILES string of the molecule is CCCC(c1ccc(C(=O)NCCC(=O)OC)cc1)C(COCc1c#cc(OC(F)(F)F)cc1)c1ccc(Cl)cc1. The van der Waals surface area contributed by atoms with Gasteiger partial charge in [0.25, 0.3) is 5.91 Å². The van der Waals surface area contributed by atoms with E-state index in [0.29, 0.717) is 22.8 Å². The van der Waals surface area contributed by atoms with Gasteiger partial charge in [-0.05, 0) is 65.9 Å². The summed E-state index contributed by atoms with van der Waals surface area (Å²) in [7, 11) is 1.29. The first-order valence-corrected chi connectivity index (χ1v) is 13.4. The Hall–Kier alpha value is -3.74. The lowest BCUT2D eigenvalue weighted by Crippen LogP contribution is -2.26. The van der Waals surface area contributed by atoms with Gasteiger partial charge in [-0.2, -0.15) is 0 Å². The van der Waals surface area contributed by atoms with E-state index < -0.39 is 18.1 Å². The zero-order valence-electron chi connectivity index (χ0n) is 22.7. The molecule has 1 N–H and O–H groups in total. The molecule has 3 rings (SSSR count). The second kappa shape index (κ2) is 15.3. The molecule has 0 saturated heterocycles. The first-order chi connectivity index (χ1) is 19.6. The maximum atomic E-state index is 12.5. The molecule has 0 saturated carbocycles. The molecule has 0 heterocycles. The van der Waals surface area contributed by atoms with Crippen molar-refractivity contribution < 1.29 is 37.0 Å². The van der Waals surface area contributed by atoms with Crippen LogP contribution >= 0.6 is 11.6 Å². The van der Waals surface area contributed by atoms with E-state index in [0.717, 1.165) is 24.0 Å². The lowest BCUT2D eigenvalue weighted by Gasteiger charge is -2.28. The maximum absolute atomic E-state index is 12.5. The van der Waals surface area contributed by atoms with Crippen molar-refractivity contribution in [2.75, 3.05) is 20.3 Å². The Morgan fingerprint density at radius 2 is 1.61 bits per heavy atom. The van der Waals surface area contributed by atoms with Crippen LogP contribution in [0.1, 0.15) is 65.1 Å². The molecular weight excluding hydrogens is 559 g/mol. The summed E-state index contributed by atoms with van der Waals surface area (Å²) in [4.78, 5) is 23.8. The number of rotatable bonds is 14. The molecule has 1 amide bonds. The number of amides is 1. The largest absolute Gasteiger partial charge is 0.573 e. The zero-order valence-corrected chi connectivity index (χ0v) is 23.5. The molecule has 2 unspecified atom stereocenters. The topological polar surface area (TPSA) is 73.9 Å². The van der Waals surface area contributed by atoms with E-state index in [2.05, 4.69) is 33.8 Å². The lowest BCUT2D eigenvalue weighted by molar-refractivity contribution is -0.274. The minimum absolute atomic E-state index is 0.0377. The van der Waals surface area contributed by atoms with Gasteiger partial charge in [-0.3, -0.25) is 9.59 Å². The summed E-state index contributed by atoms with van der Waals surface area (Å²) >= 11 is 6.14. The van der Waals surface area contributed by atoms with Gasteiger partial charge in [-0.25, -0.2) is 0 Å². The molecule has 0 bridgehead atoms. The summed E-state index contributed by atoms with van der Waals surface area (Å²) in [5.74, 6) is -1.20. The van der Waals surface area contributed by atoms with Crippen molar-refractivity contribution in [1.29, 1.82) is 0 Å². The fraction of sp³-hybridized carbons (Fsp3) is 0.355. The Kier molecular flexibility index (Phi) is 11.9. The zero-order chi connectivity index (χ0) is 29.8. The first kappa shape index (κ1) is 31.8. The van der Waals surface area contributed by atoms with Crippen LogP contribution in [0.15, 0.2) is 60.7 Å². The van der Waals surface area contributed by atoms with E-state index in [-0.39, 0.29) is 37.3 Å². The monoisotopic (exact) mass is 589 g/mol. The van der Waals surface area contributed by atoms with E-state index >= 15 is 0 Å². The molecule has 10 heteroatoms. The fourth-order valence-electron chi connectivity index (χ4n) is 4.40. The van der Waals surface area contributed by atoms with E-state index in [4.69, 9.17) is 16.3 Å². The van der Waals surface area contributed by atoms with Crippen molar-refractivity contribution in [3.05, 3.63) is 100 Å². The number of hydrogen-bond donors (Lipinski definition) is 1. The smallest absolute Gasteiger partial charge is 0.469 e. The molecule has 0 fully saturated rings. The number of nitrogens with one attached hydrogen (secondary N) is 1. The van der Waals surface area contributed by atoms with Crippen molar-refractivity contribution in [1.82, 2.24) is 5.32 Å². The Labute approximate surface area is 242 Å². The van der Waals surface area contributed by atoms with Gasteiger partial charge in [0.2, 0.25) is 0 Å². The number of ether oxygens (including phenoxy) is 3. The summed E-state index contributed by atoms with van der Waals surface area (Å²) in [5.41, 5.74) is 3.04. The van der Waals surface area contributed by atoms with E-state index in [1.807, 2.05) is 36.4 Å². The van der Waals surface area contributed by atoms with Crippen LogP contribution in [0.2, 0.25) is 5.02 Å². The van der Waals surface area contributed by atoms with Crippen molar-refractivity contribution in [3.63, 3.8) is 0 Å². The summed E-state index contributed by atoms with van der Waals surface area (Å²) in [6.45, 7) is 2.70. The van der Waals surface area contributed by atoms with Gasteiger partial charge in [-0.15, -0.1) is 13.2 Å². The summed E-state index contributed by atoms with van der Waals surface area (Å²) in [5, 5.41) is 3.31. The highest BCUT2D eigenvalue weighted by molar-refractivity contribution is 6.30. The van der Waals surface area contributed by atoms with E-state index in [1.54, 1.807) is 12.1 Å². The highest BCUT2D eigenvalue weighted by Gasteiger charge is 2.31. The minimum atomic E-state index is -4.80. The van der Waals surface area contributed by atoms with Crippen LogP contribution < -0.4 is 10.1 Å². The van der Waals surface area contributed by atoms with Crippen LogP contribution in [0, 0.1) is 12.1 Å². The summed E-state index contributed by atoms with van der Waals surface area (Å²) < 4.78 is 51.7. The van der Waals surface area contributed by atoms with Crippen molar-refractivity contribution in [3.8, 4) is 5.75 Å². The summed E-state index contributed by atoms with van der Waals surface area (Å²) in [6, 6.07) is 22.5. The fourth-order valence-corrected chi connectivity index (χ4v) is 4.52. The quantitative estimate of drug-likeness (QED) is 0.205. The number of methoxy groups -OCH3 is 1. The summed E-state index contributed by atoms with van der Waals surface area (Å²) in [6.07, 6.45) is -2.98. The average Bonchev–Trinajstić information content (AvgIpc) is 2.95. The van der Waals surface area contributed by atoms with Crippen molar-refractivity contribution >= 4 is 23.5 Å². The molecule has 0 spiro atoms. The van der Waals surface area contributed by atoms with Crippen LogP contribution in [0.3, 0.4) is 0 Å². The highest BCUT2D eigenvalue weighted by Crippen LogP contribution is 2.37. The third kappa shape index (κ3) is 10.3. The van der Waals surface area contributed by atoms with Gasteiger partial charge in [0, 0.05) is 28.6 Å². The Bertz CT molecular complexity index is 1250. The highest BCUT2D eigenvalue weighted by atomic mass is 35.5. The van der Waals surface area contributed by atoms with E-state index in [9.17, 15) is 22.8 Å². The predicted molar refractivity (Wildman–Crippen MR) is 148 cm³/mol. The number of benzene rings is 2. The molecule has 0 radical (unpaired) electrons. The maximum Gasteiger partial charge on any atom is 0.573 e. The van der Waals surface area contributed by atoms with Crippen molar-refractivity contribution in [2.45, 2.75) is 51.0 Å². The molecule has 0 aromatic heterocycles. The van der Waals surface area contributed by atoms with Crippen LogP contribution in [0.4, 0.5) is 13.2 Å². The molecule has 0 aliphatic rings. The molecule has 218 valence electrons. The van der Waals surface area contributed by atoms with Crippen LogP contribution in [0.5, 0.6) is 5.75 Å². The van der Waals surface area contributed by atoms with Crippen LogP contribution in [0.25, 0.3) is 0 Å². The molecule has 0 aliphatic heterocycles. The number of halogens is 4. The normalized spacial score (nSPS) is 12.6. The standard InChI is InChI=1S/C31H31ClF3NO5/c1-3-4-27(22-7-9-24(10-8-22)30(38)36-18-17-29(37)39-2)28(23-11-13-25(32)14-12-23)20-40-19-21-5-15-26(16-6-21)41-31(33,34)35/h5,7-15,27-28H,3-4,17-20H2,1-2H3,(H,36,38). The first-order valence-electron chi connectivity index (χ1n) is 13.1. The Morgan fingerprint density at radius 3 is 2.20 bits per heavy atom. The second-order valence-electron chi connectivity index (χ2n) is 9.29. The second-order valence-corrected chi connectivity index (χ2v) is 9.73. The number of alkyl halides is 3. The number of carbonyl (C=O) groups excluding carboxylic acids is 2. The predicted octanol–water partition coefficient (Wildman–Crippen LogP) is 7.02. The number of carbonyl (C=O) groups is 2.